The molecule has 0 aromatic rings. The summed E-state index contributed by atoms with van der Waals surface area (Å²) in [5.41, 5.74) is 11.3. The van der Waals surface area contributed by atoms with E-state index in [4.69, 9.17) is 20.9 Å². The van der Waals surface area contributed by atoms with E-state index in [2.05, 4.69) is 5.32 Å². The zero-order chi connectivity index (χ0) is 25.1. The number of ether oxygens (including phenoxy) is 2. The second-order valence-corrected chi connectivity index (χ2v) is 8.25. The Kier molecular flexibility index (Phi) is 15.9. The summed E-state index contributed by atoms with van der Waals surface area (Å²) in [6, 6.07) is 0.562. The molecule has 0 radical (unpaired) electrons. The fourth-order valence-corrected chi connectivity index (χ4v) is 3.57. The Labute approximate surface area is 212 Å². The third kappa shape index (κ3) is 10.6. The summed E-state index contributed by atoms with van der Waals surface area (Å²) in [6.45, 7) is -0.200. The van der Waals surface area contributed by atoms with Crippen LogP contribution in [0.4, 0.5) is 0 Å². The molecule has 200 valence electrons. The van der Waals surface area contributed by atoms with Gasteiger partial charge >= 0.3 is 21.1 Å². The number of methoxy groups -OCH3 is 1. The number of hydrogen-bond acceptors (Lipinski definition) is 12. The summed E-state index contributed by atoms with van der Waals surface area (Å²) in [4.78, 5) is 32.8. The van der Waals surface area contributed by atoms with Crippen molar-refractivity contribution < 1.29 is 70.5 Å². The topological polar surface area (TPSA) is 241 Å². The van der Waals surface area contributed by atoms with Crippen LogP contribution >= 0.6 is 0 Å². The van der Waals surface area contributed by atoms with Gasteiger partial charge < -0.3 is 61.4 Å². The molecule has 0 unspecified atom stereocenters. The Hall–Kier alpha value is -1.18. The van der Waals surface area contributed by atoms with Crippen LogP contribution in [-0.2, 0) is 44.9 Å². The van der Waals surface area contributed by atoms with Gasteiger partial charge in [0, 0.05) is 38.1 Å². The number of nitrogens with two attached hydrogens (primary N) is 2. The van der Waals surface area contributed by atoms with Crippen LogP contribution in [0.5, 0.6) is 0 Å². The van der Waals surface area contributed by atoms with E-state index in [1.165, 1.54) is 20.0 Å². The summed E-state index contributed by atoms with van der Waals surface area (Å²) < 4.78 is 10.0. The number of aliphatic carboxylic acids is 2. The van der Waals surface area contributed by atoms with Crippen molar-refractivity contribution >= 4 is 17.8 Å². The predicted molar refractivity (Wildman–Crippen MR) is 108 cm³/mol. The van der Waals surface area contributed by atoms with Gasteiger partial charge in [0.15, 0.2) is 6.29 Å². The van der Waals surface area contributed by atoms with Gasteiger partial charge in [0.2, 0.25) is 5.91 Å². The van der Waals surface area contributed by atoms with E-state index in [0.717, 1.165) is 12.8 Å². The molecule has 8 N–H and O–H groups in total. The normalized spacial score (nSPS) is 31.0. The number of carbonyl (C=O) groups is 3. The SMILES string of the molecule is CO[C@H]1O[C@H](CNC(=O)CCCC(C(=O)[O-])C(=O)[O-])[C@@H](O)[C@H](O)[C@H]1O.N[C@@H]1CCCC[C@H]1N.[Pt+2]. The molecule has 0 bridgehead atoms. The third-order valence-corrected chi connectivity index (χ3v) is 5.74. The molecule has 0 spiro atoms. The first-order chi connectivity index (χ1) is 15.5. The molecule has 1 aliphatic heterocycles. The Morgan fingerprint density at radius 2 is 1.56 bits per heavy atom. The molecule has 1 aliphatic carbocycles. The molecule has 0 aromatic carbocycles. The Bertz CT molecular complexity index is 618. The minimum absolute atomic E-state index is 0. The fraction of sp³-hybridized carbons (Fsp3) is 0.850. The molecule has 2 aliphatic rings. The summed E-state index contributed by atoms with van der Waals surface area (Å²) in [5.74, 6) is -5.90. The van der Waals surface area contributed by atoms with Crippen LogP contribution in [-0.4, -0.2) is 89.6 Å². The van der Waals surface area contributed by atoms with E-state index in [0.29, 0.717) is 0 Å². The van der Waals surface area contributed by atoms with Crippen LogP contribution in [0.3, 0.4) is 0 Å². The molecule has 2 fully saturated rings. The first-order valence-electron chi connectivity index (χ1n) is 10.9. The molecule has 34 heavy (non-hydrogen) atoms. The molecule has 1 saturated heterocycles. The number of aliphatic hydroxyl groups is 3. The number of amides is 1. The van der Waals surface area contributed by atoms with Crippen molar-refractivity contribution in [3.63, 3.8) is 0 Å². The van der Waals surface area contributed by atoms with Gasteiger partial charge in [0.1, 0.15) is 24.4 Å². The van der Waals surface area contributed by atoms with Crippen LogP contribution in [0.2, 0.25) is 0 Å². The molecule has 1 saturated carbocycles. The standard InChI is InChI=1S/C14H23NO10.C6H14N2.Pt/c1-24-14-11(19)10(18)9(17)7(25-14)5-15-8(16)4-2-3-6(12(20)21)13(22)23;7-5-3-1-2-4-6(5)8;/h6-7,9-11,14,17-19H,2-5H2,1H3,(H,15,16)(H,20,21)(H,22,23);5-6H,1-4,7-8H2;/q;;+2/p-2/t7-,9-,10+,11-,14+;5-,6-;/m11./s1. The molecular formula is C20H35N3O10Pt. The quantitative estimate of drug-likeness (QED) is 0.126. The molecule has 0 aromatic heterocycles. The van der Waals surface area contributed by atoms with Crippen molar-refractivity contribution in [3.05, 3.63) is 0 Å². The van der Waals surface area contributed by atoms with Gasteiger partial charge in [-0.05, 0) is 25.7 Å². The monoisotopic (exact) mass is 672 g/mol. The fourth-order valence-electron chi connectivity index (χ4n) is 3.57. The zero-order valence-corrected chi connectivity index (χ0v) is 21.2. The Balaban J connectivity index is 0.00000102. The molecule has 7 atom stereocenters. The molecular weight excluding hydrogens is 637 g/mol. The van der Waals surface area contributed by atoms with Gasteiger partial charge in [-0.1, -0.05) is 12.8 Å². The minimum atomic E-state index is -1.80. The van der Waals surface area contributed by atoms with Crippen molar-refractivity contribution in [3.8, 4) is 0 Å². The van der Waals surface area contributed by atoms with Crippen LogP contribution in [0.15, 0.2) is 0 Å². The first kappa shape index (κ1) is 32.8. The molecule has 2 rings (SSSR count). The van der Waals surface area contributed by atoms with E-state index < -0.39 is 54.5 Å². The maximum atomic E-state index is 11.7. The summed E-state index contributed by atoms with van der Waals surface area (Å²) in [5, 5.41) is 52.7. The molecule has 14 heteroatoms. The van der Waals surface area contributed by atoms with Gasteiger partial charge in [-0.25, -0.2) is 0 Å². The maximum Gasteiger partial charge on any atom is 2.00 e. The molecule has 1 heterocycles. The van der Waals surface area contributed by atoms with Crippen LogP contribution in [0.1, 0.15) is 44.9 Å². The Morgan fingerprint density at radius 3 is 2.00 bits per heavy atom. The third-order valence-electron chi connectivity index (χ3n) is 5.74. The van der Waals surface area contributed by atoms with Gasteiger partial charge in [-0.3, -0.25) is 4.79 Å². The van der Waals surface area contributed by atoms with Crippen LogP contribution in [0, 0.1) is 5.92 Å². The van der Waals surface area contributed by atoms with Gasteiger partial charge in [-0.2, -0.15) is 0 Å². The van der Waals surface area contributed by atoms with Crippen molar-refractivity contribution in [1.29, 1.82) is 0 Å². The molecule has 1 amide bonds. The maximum absolute atomic E-state index is 11.7. The van der Waals surface area contributed by atoms with Crippen LogP contribution < -0.4 is 27.0 Å². The van der Waals surface area contributed by atoms with Crippen molar-refractivity contribution in [1.82, 2.24) is 5.32 Å². The van der Waals surface area contributed by atoms with Crippen molar-refractivity contribution in [2.45, 2.75) is 87.7 Å². The number of carboxylic acids is 2. The van der Waals surface area contributed by atoms with E-state index >= 15 is 0 Å². The average molecular weight is 673 g/mol. The zero-order valence-electron chi connectivity index (χ0n) is 18.9. The number of carbonyl (C=O) groups excluding carboxylic acids is 3. The second kappa shape index (κ2) is 16.5. The smallest absolute Gasteiger partial charge is 0.549 e. The number of nitrogens with one attached hydrogen (secondary N) is 1. The number of carboxylic acid groups (broad SMARTS) is 2. The Morgan fingerprint density at radius 1 is 1.03 bits per heavy atom. The van der Waals surface area contributed by atoms with E-state index in [1.807, 2.05) is 0 Å². The number of aliphatic hydroxyl groups excluding tert-OH is 3. The van der Waals surface area contributed by atoms with Crippen LogP contribution in [0.25, 0.3) is 0 Å². The average Bonchev–Trinajstić information content (AvgIpc) is 2.76. The minimum Gasteiger partial charge on any atom is -0.549 e. The summed E-state index contributed by atoms with van der Waals surface area (Å²) in [6.07, 6.45) is -2.36. The van der Waals surface area contributed by atoms with E-state index in [-0.39, 0.29) is 59.0 Å². The summed E-state index contributed by atoms with van der Waals surface area (Å²) >= 11 is 0. The first-order valence-corrected chi connectivity index (χ1v) is 10.9. The van der Waals surface area contributed by atoms with E-state index in [1.54, 1.807) is 0 Å². The predicted octanol–water partition coefficient (Wildman–Crippen LogP) is -4.94. The largest absolute Gasteiger partial charge is 2.00 e. The van der Waals surface area contributed by atoms with Gasteiger partial charge in [0.05, 0.1) is 11.9 Å². The number of hydrogen-bond donors (Lipinski definition) is 6. The van der Waals surface area contributed by atoms with Gasteiger partial charge in [0.25, 0.3) is 0 Å². The summed E-state index contributed by atoms with van der Waals surface area (Å²) in [7, 11) is 1.24. The molecule has 13 nitrogen and oxygen atoms in total. The van der Waals surface area contributed by atoms with Crippen molar-refractivity contribution in [2.75, 3.05) is 13.7 Å². The second-order valence-electron chi connectivity index (χ2n) is 8.25. The number of rotatable bonds is 9. The van der Waals surface area contributed by atoms with Crippen molar-refractivity contribution in [2.24, 2.45) is 17.4 Å². The van der Waals surface area contributed by atoms with E-state index in [9.17, 15) is 39.9 Å². The van der Waals surface area contributed by atoms with Gasteiger partial charge in [-0.15, -0.1) is 0 Å².